The number of halogens is 1. The molecule has 2 N–H and O–H groups in total. The van der Waals surface area contributed by atoms with Crippen LogP contribution in [0.3, 0.4) is 0 Å². The third kappa shape index (κ3) is 6.04. The van der Waals surface area contributed by atoms with Gasteiger partial charge in [-0.3, -0.25) is 4.79 Å². The standard InChI is InChI=1S/C30H37ClN6O3/c31-27-14-25(4-1-19(27)15-32)40-24-5-2-22(3-6-24)33-30(39)28-7-8-29(35-34-28)37-16-20-13-21(17-37)26(20)18-36-11-9-23(38)10-12-36/h1,4,7-8,14,20-24,26,38H,2-3,5-6,9-13,16-18H2,(H,33,39). The Morgan fingerprint density at radius 1 is 1.07 bits per heavy atom. The number of piperidine rings is 3. The van der Waals surface area contributed by atoms with Gasteiger partial charge in [-0.2, -0.15) is 5.26 Å². The van der Waals surface area contributed by atoms with Gasteiger partial charge in [-0.05, 0) is 87.0 Å². The number of nitriles is 1. The van der Waals surface area contributed by atoms with E-state index >= 15 is 0 Å². The van der Waals surface area contributed by atoms with Crippen LogP contribution in [-0.2, 0) is 0 Å². The van der Waals surface area contributed by atoms with E-state index in [0.717, 1.165) is 83.0 Å². The summed E-state index contributed by atoms with van der Waals surface area (Å²) < 4.78 is 6.06. The Morgan fingerprint density at radius 3 is 2.48 bits per heavy atom. The zero-order chi connectivity index (χ0) is 27.6. The lowest BCUT2D eigenvalue weighted by Crippen LogP contribution is -2.59. The van der Waals surface area contributed by atoms with Gasteiger partial charge in [-0.1, -0.05) is 11.6 Å². The number of nitrogens with zero attached hydrogens (tertiary/aromatic N) is 5. The topological polar surface area (TPSA) is 115 Å². The third-order valence-electron chi connectivity index (χ3n) is 9.33. The van der Waals surface area contributed by atoms with E-state index in [2.05, 4.69) is 31.4 Å². The molecule has 7 rings (SSSR count). The quantitative estimate of drug-likeness (QED) is 0.524. The summed E-state index contributed by atoms with van der Waals surface area (Å²) in [5.74, 6) is 3.44. The van der Waals surface area contributed by atoms with Crippen LogP contribution >= 0.6 is 11.6 Å². The maximum absolute atomic E-state index is 12.9. The Balaban J connectivity index is 0.945. The largest absolute Gasteiger partial charge is 0.490 e. The predicted octanol–water partition coefficient (Wildman–Crippen LogP) is 3.65. The maximum Gasteiger partial charge on any atom is 0.272 e. The van der Waals surface area contributed by atoms with Crippen LogP contribution in [0.4, 0.5) is 5.82 Å². The number of aliphatic hydroxyl groups excluding tert-OH is 1. The van der Waals surface area contributed by atoms with E-state index in [1.54, 1.807) is 24.3 Å². The molecule has 1 aromatic heterocycles. The summed E-state index contributed by atoms with van der Waals surface area (Å²) in [4.78, 5) is 17.7. The average molecular weight is 565 g/mol. The van der Waals surface area contributed by atoms with Crippen molar-refractivity contribution in [3.05, 3.63) is 46.6 Å². The minimum atomic E-state index is -0.185. The summed E-state index contributed by atoms with van der Waals surface area (Å²) in [5.41, 5.74) is 0.783. The number of hydrogen-bond donors (Lipinski definition) is 2. The van der Waals surface area contributed by atoms with Gasteiger partial charge in [-0.25, -0.2) is 0 Å². The Kier molecular flexibility index (Phi) is 8.10. The predicted molar refractivity (Wildman–Crippen MR) is 151 cm³/mol. The number of aromatic nitrogens is 2. The molecule has 2 saturated carbocycles. The Labute approximate surface area is 240 Å². The monoisotopic (exact) mass is 564 g/mol. The molecule has 3 aliphatic heterocycles. The van der Waals surface area contributed by atoms with E-state index in [1.165, 1.54) is 6.42 Å². The van der Waals surface area contributed by atoms with E-state index in [9.17, 15) is 9.90 Å². The number of carbonyl (C=O) groups is 1. The molecule has 2 aromatic rings. The summed E-state index contributed by atoms with van der Waals surface area (Å²) in [6.45, 7) is 5.17. The number of hydrogen-bond acceptors (Lipinski definition) is 8. The second-order valence-electron chi connectivity index (χ2n) is 12.0. The minimum Gasteiger partial charge on any atom is -0.490 e. The molecule has 2 atom stereocenters. The third-order valence-corrected chi connectivity index (χ3v) is 9.65. The van der Waals surface area contributed by atoms with Crippen LogP contribution in [-0.4, -0.2) is 77.1 Å². The van der Waals surface area contributed by atoms with Gasteiger partial charge in [0.2, 0.25) is 0 Å². The SMILES string of the molecule is N#Cc1ccc(OC2CCC(NC(=O)c3ccc(N4CC5CC(C4)C5CN4CCC(O)CC4)nn3)CC2)cc1Cl. The fourth-order valence-corrected chi connectivity index (χ4v) is 7.14. The number of ether oxygens (including phenoxy) is 1. The zero-order valence-electron chi connectivity index (χ0n) is 22.7. The fourth-order valence-electron chi connectivity index (χ4n) is 6.92. The second-order valence-corrected chi connectivity index (χ2v) is 12.4. The summed E-state index contributed by atoms with van der Waals surface area (Å²) in [5, 5.41) is 31.0. The van der Waals surface area contributed by atoms with Gasteiger partial charge < -0.3 is 25.0 Å². The number of likely N-dealkylation sites (tertiary alicyclic amines) is 1. The first-order chi connectivity index (χ1) is 19.4. The zero-order valence-corrected chi connectivity index (χ0v) is 23.5. The average Bonchev–Trinajstić information content (AvgIpc) is 2.98. The Morgan fingerprint density at radius 2 is 1.82 bits per heavy atom. The fraction of sp³-hybridized carbons (Fsp3) is 0.600. The molecule has 212 valence electrons. The number of rotatable bonds is 7. The molecule has 2 bridgehead atoms. The van der Waals surface area contributed by atoms with Crippen molar-refractivity contribution in [2.24, 2.45) is 17.8 Å². The van der Waals surface area contributed by atoms with Gasteiger partial charge >= 0.3 is 0 Å². The van der Waals surface area contributed by atoms with Gasteiger partial charge in [0, 0.05) is 44.8 Å². The molecule has 4 heterocycles. The van der Waals surface area contributed by atoms with Crippen molar-refractivity contribution < 1.29 is 14.6 Å². The van der Waals surface area contributed by atoms with E-state index in [1.807, 2.05) is 6.07 Å². The maximum atomic E-state index is 12.9. The summed E-state index contributed by atoms with van der Waals surface area (Å²) in [7, 11) is 0. The van der Waals surface area contributed by atoms with Crippen LogP contribution in [0.2, 0.25) is 5.02 Å². The molecule has 0 spiro atoms. The van der Waals surface area contributed by atoms with E-state index in [-0.39, 0.29) is 24.2 Å². The first-order valence-corrected chi connectivity index (χ1v) is 15.0. The van der Waals surface area contributed by atoms with Crippen molar-refractivity contribution in [2.45, 2.75) is 63.2 Å². The number of nitrogens with one attached hydrogen (secondary N) is 1. The number of amides is 1. The molecular weight excluding hydrogens is 528 g/mol. The highest BCUT2D eigenvalue weighted by Gasteiger charge is 2.47. The van der Waals surface area contributed by atoms with Gasteiger partial charge in [0.15, 0.2) is 11.5 Å². The Hall–Kier alpha value is -2.93. The minimum absolute atomic E-state index is 0.0549. The van der Waals surface area contributed by atoms with E-state index in [4.69, 9.17) is 21.6 Å². The molecule has 3 saturated heterocycles. The second kappa shape index (κ2) is 11.9. The van der Waals surface area contributed by atoms with Gasteiger partial charge in [-0.15, -0.1) is 10.2 Å². The lowest BCUT2D eigenvalue weighted by Gasteiger charge is -2.55. The smallest absolute Gasteiger partial charge is 0.272 e. The first kappa shape index (κ1) is 27.3. The molecule has 2 aliphatic carbocycles. The number of aliphatic hydroxyl groups is 1. The van der Waals surface area contributed by atoms with Crippen LogP contribution in [0.25, 0.3) is 0 Å². The van der Waals surface area contributed by atoms with Crippen LogP contribution in [0.15, 0.2) is 30.3 Å². The van der Waals surface area contributed by atoms with Gasteiger partial charge in [0.1, 0.15) is 11.8 Å². The molecule has 10 heteroatoms. The lowest BCUT2D eigenvalue weighted by molar-refractivity contribution is -0.00136. The molecular formula is C30H37ClN6O3. The molecule has 2 unspecified atom stereocenters. The van der Waals surface area contributed by atoms with E-state index < -0.39 is 0 Å². The van der Waals surface area contributed by atoms with Crippen LogP contribution < -0.4 is 15.0 Å². The normalized spacial score (nSPS) is 28.8. The van der Waals surface area contributed by atoms with Crippen LogP contribution in [0, 0.1) is 29.1 Å². The first-order valence-electron chi connectivity index (χ1n) is 14.6. The van der Waals surface area contributed by atoms with Crippen LogP contribution in [0.1, 0.15) is 61.0 Å². The number of benzene rings is 1. The van der Waals surface area contributed by atoms with E-state index in [0.29, 0.717) is 33.9 Å². The van der Waals surface area contributed by atoms with Crippen molar-refractivity contribution in [1.29, 1.82) is 5.26 Å². The van der Waals surface area contributed by atoms with Crippen molar-refractivity contribution in [1.82, 2.24) is 20.4 Å². The highest BCUT2D eigenvalue weighted by molar-refractivity contribution is 6.31. The molecule has 0 radical (unpaired) electrons. The summed E-state index contributed by atoms with van der Waals surface area (Å²) >= 11 is 6.12. The van der Waals surface area contributed by atoms with Crippen LogP contribution in [0.5, 0.6) is 5.75 Å². The van der Waals surface area contributed by atoms with Gasteiger partial charge in [0.05, 0.1) is 22.8 Å². The highest BCUT2D eigenvalue weighted by atomic mass is 35.5. The van der Waals surface area contributed by atoms with Crippen molar-refractivity contribution in [3.63, 3.8) is 0 Å². The van der Waals surface area contributed by atoms with Gasteiger partial charge in [0.25, 0.3) is 5.91 Å². The highest BCUT2D eigenvalue weighted by Crippen LogP contribution is 2.46. The van der Waals surface area contributed by atoms with Crippen molar-refractivity contribution in [2.75, 3.05) is 37.6 Å². The van der Waals surface area contributed by atoms with Crippen molar-refractivity contribution in [3.8, 4) is 11.8 Å². The van der Waals surface area contributed by atoms with Crippen molar-refractivity contribution >= 4 is 23.3 Å². The molecule has 1 amide bonds. The molecule has 1 aromatic carbocycles. The molecule has 5 aliphatic rings. The number of fused-ring (bicyclic) bond motifs is 2. The molecule has 5 fully saturated rings. The lowest BCUT2D eigenvalue weighted by atomic mass is 9.61. The summed E-state index contributed by atoms with van der Waals surface area (Å²) in [6, 6.07) is 11.0. The molecule has 9 nitrogen and oxygen atoms in total. The molecule has 40 heavy (non-hydrogen) atoms. The number of carbonyl (C=O) groups excluding carboxylic acids is 1. The summed E-state index contributed by atoms with van der Waals surface area (Å²) in [6.07, 6.45) is 6.32. The number of anilines is 1. The Bertz CT molecular complexity index is 1220.